The maximum absolute atomic E-state index is 11.8. The normalized spacial score (nSPS) is 10.2. The van der Waals surface area contributed by atoms with Crippen LogP contribution >= 0.6 is 11.6 Å². The number of nitrogens with zero attached hydrogens (tertiary/aromatic N) is 3. The van der Waals surface area contributed by atoms with Gasteiger partial charge in [-0.1, -0.05) is 28.9 Å². The van der Waals surface area contributed by atoms with Gasteiger partial charge in [0.15, 0.2) is 5.82 Å². The molecule has 0 fully saturated rings. The van der Waals surface area contributed by atoms with Gasteiger partial charge in [0.1, 0.15) is 6.54 Å². The van der Waals surface area contributed by atoms with Crippen molar-refractivity contribution in [1.82, 2.24) is 15.0 Å². The van der Waals surface area contributed by atoms with Gasteiger partial charge in [-0.05, 0) is 17.7 Å². The molecule has 7 nitrogen and oxygen atoms in total. The molecule has 2 N–H and O–H groups in total. The Morgan fingerprint density at radius 3 is 2.90 bits per heavy atom. The molecule has 8 heteroatoms. The summed E-state index contributed by atoms with van der Waals surface area (Å²) in [4.78, 5) is 22.3. The lowest BCUT2D eigenvalue weighted by Crippen LogP contribution is -2.14. The second kappa shape index (κ2) is 6.16. The van der Waals surface area contributed by atoms with Gasteiger partial charge in [0.2, 0.25) is 5.91 Å². The van der Waals surface area contributed by atoms with Crippen molar-refractivity contribution in [3.05, 3.63) is 41.0 Å². The van der Waals surface area contributed by atoms with Crippen LogP contribution < -0.4 is 5.32 Å². The molecule has 0 atom stereocenters. The number of carboxylic acid groups (broad SMARTS) is 1. The lowest BCUT2D eigenvalue weighted by molar-refractivity contribution is -0.137. The minimum atomic E-state index is -1.04. The van der Waals surface area contributed by atoms with E-state index in [1.807, 2.05) is 0 Å². The summed E-state index contributed by atoms with van der Waals surface area (Å²) < 4.78 is 1.12. The maximum atomic E-state index is 11.8. The fourth-order valence-electron chi connectivity index (χ4n) is 1.59. The molecular weight excluding hydrogens is 284 g/mol. The molecule has 0 saturated heterocycles. The zero-order valence-corrected chi connectivity index (χ0v) is 11.0. The van der Waals surface area contributed by atoms with Crippen LogP contribution in [0.5, 0.6) is 0 Å². The molecule has 0 spiro atoms. The molecular formula is C12H11ClN4O3. The Bertz CT molecular complexity index is 641. The largest absolute Gasteiger partial charge is 0.480 e. The Kier molecular flexibility index (Phi) is 4.31. The minimum absolute atomic E-state index is 0.145. The van der Waals surface area contributed by atoms with E-state index in [4.69, 9.17) is 16.7 Å². The van der Waals surface area contributed by atoms with Crippen LogP contribution in [0.25, 0.3) is 0 Å². The lowest BCUT2D eigenvalue weighted by Gasteiger charge is -2.02. The number of hydrogen-bond donors (Lipinski definition) is 2. The number of carboxylic acids is 1. The highest BCUT2D eigenvalue weighted by atomic mass is 35.5. The molecule has 0 saturated carbocycles. The summed E-state index contributed by atoms with van der Waals surface area (Å²) in [7, 11) is 0. The SMILES string of the molecule is O=C(O)Cn1cc(NC(=O)Cc2cccc(Cl)c2)nn1. The van der Waals surface area contributed by atoms with Gasteiger partial charge in [0.05, 0.1) is 12.6 Å². The maximum Gasteiger partial charge on any atom is 0.325 e. The molecule has 104 valence electrons. The first kappa shape index (κ1) is 14.0. The molecule has 0 radical (unpaired) electrons. The van der Waals surface area contributed by atoms with Gasteiger partial charge in [0, 0.05) is 5.02 Å². The molecule has 0 unspecified atom stereocenters. The minimum Gasteiger partial charge on any atom is -0.480 e. The fraction of sp³-hybridized carbons (Fsp3) is 0.167. The van der Waals surface area contributed by atoms with Crippen molar-refractivity contribution in [2.75, 3.05) is 5.32 Å². The molecule has 1 heterocycles. The number of carbonyl (C=O) groups is 2. The molecule has 20 heavy (non-hydrogen) atoms. The third-order valence-electron chi connectivity index (χ3n) is 2.36. The van der Waals surface area contributed by atoms with Crippen molar-refractivity contribution in [2.45, 2.75) is 13.0 Å². The number of carbonyl (C=O) groups excluding carboxylic acids is 1. The zero-order valence-electron chi connectivity index (χ0n) is 10.3. The smallest absolute Gasteiger partial charge is 0.325 e. The number of aliphatic carboxylic acids is 1. The zero-order chi connectivity index (χ0) is 14.5. The first-order chi connectivity index (χ1) is 9.52. The van der Waals surface area contributed by atoms with Crippen molar-refractivity contribution in [2.24, 2.45) is 0 Å². The Hall–Kier alpha value is -2.41. The van der Waals surface area contributed by atoms with Gasteiger partial charge < -0.3 is 10.4 Å². The van der Waals surface area contributed by atoms with Crippen LogP contribution in [0.1, 0.15) is 5.56 Å². The number of benzene rings is 1. The summed E-state index contributed by atoms with van der Waals surface area (Å²) in [5.74, 6) is -1.11. The van der Waals surface area contributed by atoms with Gasteiger partial charge in [-0.15, -0.1) is 5.10 Å². The standard InChI is InChI=1S/C12H11ClN4O3/c13-9-3-1-2-8(4-9)5-11(18)14-10-6-17(16-15-10)7-12(19)20/h1-4,6H,5,7H2,(H,14,18)(H,19,20). The van der Waals surface area contributed by atoms with Crippen LogP contribution in [0.4, 0.5) is 5.82 Å². The Balaban J connectivity index is 1.94. The second-order valence-corrected chi connectivity index (χ2v) is 4.49. The van der Waals surface area contributed by atoms with Crippen molar-refractivity contribution < 1.29 is 14.7 Å². The van der Waals surface area contributed by atoms with Crippen molar-refractivity contribution in [1.29, 1.82) is 0 Å². The van der Waals surface area contributed by atoms with E-state index in [0.29, 0.717) is 5.02 Å². The Labute approximate surface area is 119 Å². The van der Waals surface area contributed by atoms with Crippen LogP contribution in [0.3, 0.4) is 0 Å². The summed E-state index contributed by atoms with van der Waals surface area (Å²) in [6.45, 7) is -0.308. The number of aromatic nitrogens is 3. The molecule has 2 aromatic rings. The summed E-state index contributed by atoms with van der Waals surface area (Å²) in [6.07, 6.45) is 1.50. The quantitative estimate of drug-likeness (QED) is 0.863. The number of halogens is 1. The molecule has 0 aliphatic heterocycles. The van der Waals surface area contributed by atoms with E-state index in [9.17, 15) is 9.59 Å². The van der Waals surface area contributed by atoms with E-state index < -0.39 is 5.97 Å². The molecule has 0 aliphatic carbocycles. The third kappa shape index (κ3) is 4.06. The summed E-state index contributed by atoms with van der Waals surface area (Å²) in [6, 6.07) is 6.96. The van der Waals surface area contributed by atoms with Crippen LogP contribution in [0.15, 0.2) is 30.5 Å². The number of anilines is 1. The van der Waals surface area contributed by atoms with E-state index in [-0.39, 0.29) is 24.7 Å². The highest BCUT2D eigenvalue weighted by Crippen LogP contribution is 2.11. The predicted octanol–water partition coefficient (Wildman–Crippen LogP) is 1.20. The van der Waals surface area contributed by atoms with E-state index >= 15 is 0 Å². The summed E-state index contributed by atoms with van der Waals surface area (Å²) >= 11 is 5.83. The van der Waals surface area contributed by atoms with Crippen molar-refractivity contribution >= 4 is 29.3 Å². The van der Waals surface area contributed by atoms with E-state index in [1.54, 1.807) is 24.3 Å². The molecule has 0 aliphatic rings. The average Bonchev–Trinajstić information content (AvgIpc) is 2.75. The van der Waals surface area contributed by atoms with Gasteiger partial charge >= 0.3 is 5.97 Å². The third-order valence-corrected chi connectivity index (χ3v) is 2.59. The predicted molar refractivity (Wildman–Crippen MR) is 71.4 cm³/mol. The molecule has 0 bridgehead atoms. The fourth-order valence-corrected chi connectivity index (χ4v) is 1.80. The number of nitrogens with one attached hydrogen (secondary N) is 1. The monoisotopic (exact) mass is 294 g/mol. The van der Waals surface area contributed by atoms with Gasteiger partial charge in [-0.3, -0.25) is 9.59 Å². The summed E-state index contributed by atoms with van der Waals surface area (Å²) in [5, 5.41) is 18.9. The topological polar surface area (TPSA) is 97.1 Å². The molecule has 1 aromatic carbocycles. The highest BCUT2D eigenvalue weighted by molar-refractivity contribution is 6.30. The number of hydrogen-bond acceptors (Lipinski definition) is 4. The average molecular weight is 295 g/mol. The molecule has 1 amide bonds. The van der Waals surface area contributed by atoms with Crippen molar-refractivity contribution in [3.8, 4) is 0 Å². The summed E-state index contributed by atoms with van der Waals surface area (Å²) in [5.41, 5.74) is 0.771. The van der Waals surface area contributed by atoms with E-state index in [1.165, 1.54) is 6.20 Å². The lowest BCUT2D eigenvalue weighted by atomic mass is 10.1. The first-order valence-corrected chi connectivity index (χ1v) is 6.07. The van der Waals surface area contributed by atoms with E-state index in [2.05, 4.69) is 15.6 Å². The van der Waals surface area contributed by atoms with E-state index in [0.717, 1.165) is 10.2 Å². The van der Waals surface area contributed by atoms with Gasteiger partial charge in [-0.25, -0.2) is 4.68 Å². The number of rotatable bonds is 5. The van der Waals surface area contributed by atoms with Crippen LogP contribution in [0.2, 0.25) is 5.02 Å². The first-order valence-electron chi connectivity index (χ1n) is 5.69. The molecule has 1 aromatic heterocycles. The van der Waals surface area contributed by atoms with Gasteiger partial charge in [-0.2, -0.15) is 0 Å². The van der Waals surface area contributed by atoms with Crippen LogP contribution in [0, 0.1) is 0 Å². The van der Waals surface area contributed by atoms with Crippen LogP contribution in [-0.4, -0.2) is 32.0 Å². The Morgan fingerprint density at radius 1 is 1.40 bits per heavy atom. The second-order valence-electron chi connectivity index (χ2n) is 4.05. The van der Waals surface area contributed by atoms with Gasteiger partial charge in [0.25, 0.3) is 0 Å². The number of amides is 1. The van der Waals surface area contributed by atoms with Crippen molar-refractivity contribution in [3.63, 3.8) is 0 Å². The highest BCUT2D eigenvalue weighted by Gasteiger charge is 2.08. The molecule has 2 rings (SSSR count). The van der Waals surface area contributed by atoms with Crippen LogP contribution in [-0.2, 0) is 22.6 Å². The Morgan fingerprint density at radius 2 is 2.20 bits per heavy atom.